The Hall–Kier alpha value is -2.24. The summed E-state index contributed by atoms with van der Waals surface area (Å²) in [6.07, 6.45) is 2.10. The molecule has 0 radical (unpaired) electrons. The average molecular weight is 235 g/mol. The zero-order valence-electron chi connectivity index (χ0n) is 9.13. The second kappa shape index (κ2) is 4.73. The van der Waals surface area contributed by atoms with Crippen molar-refractivity contribution in [2.75, 3.05) is 0 Å². The van der Waals surface area contributed by atoms with Gasteiger partial charge in [-0.15, -0.1) is 10.2 Å². The van der Waals surface area contributed by atoms with Crippen molar-refractivity contribution in [3.63, 3.8) is 0 Å². The average Bonchev–Trinajstić information content (AvgIpc) is 2.73. The van der Waals surface area contributed by atoms with E-state index in [1.807, 2.05) is 0 Å². The van der Waals surface area contributed by atoms with E-state index >= 15 is 0 Å². The topological polar surface area (TPSA) is 57.0 Å². The van der Waals surface area contributed by atoms with Crippen LogP contribution in [-0.4, -0.2) is 21.1 Å². The number of hydrogen-bond acceptors (Lipinski definition) is 4. The molecule has 0 spiro atoms. The minimum Gasteiger partial charge on any atom is -0.485 e. The number of carbonyl (C=O) groups excluding carboxylic acids is 1. The molecule has 1 aromatic heterocycles. The number of nitrogens with zero attached hydrogens (tertiary/aromatic N) is 3. The number of rotatable bonds is 4. The van der Waals surface area contributed by atoms with Gasteiger partial charge in [0.1, 0.15) is 24.5 Å². The van der Waals surface area contributed by atoms with Crippen LogP contribution < -0.4 is 4.74 Å². The number of halogens is 1. The number of ether oxygens (including phenoxy) is 1. The maximum Gasteiger partial charge on any atom is 0.170 e. The predicted molar refractivity (Wildman–Crippen MR) is 57.1 cm³/mol. The third kappa shape index (κ3) is 2.47. The van der Waals surface area contributed by atoms with E-state index in [-0.39, 0.29) is 12.2 Å². The Morgan fingerprint density at radius 2 is 2.35 bits per heavy atom. The van der Waals surface area contributed by atoms with Gasteiger partial charge in [-0.3, -0.25) is 4.79 Å². The van der Waals surface area contributed by atoms with Gasteiger partial charge >= 0.3 is 0 Å². The summed E-state index contributed by atoms with van der Waals surface area (Å²) in [6, 6.07) is 3.77. The molecular formula is C11H10FN3O2. The van der Waals surface area contributed by atoms with Crippen molar-refractivity contribution < 1.29 is 13.9 Å². The van der Waals surface area contributed by atoms with Crippen LogP contribution in [0.4, 0.5) is 4.39 Å². The van der Waals surface area contributed by atoms with Gasteiger partial charge in [0, 0.05) is 7.05 Å². The molecule has 0 fully saturated rings. The Bertz CT molecular complexity index is 539. The minimum absolute atomic E-state index is 0.170. The first kappa shape index (κ1) is 11.3. The third-order valence-electron chi connectivity index (χ3n) is 2.26. The molecule has 2 rings (SSSR count). The van der Waals surface area contributed by atoms with Crippen molar-refractivity contribution >= 4 is 6.29 Å². The van der Waals surface area contributed by atoms with E-state index in [4.69, 9.17) is 4.74 Å². The Labute approximate surface area is 96.9 Å². The molecule has 0 saturated heterocycles. The number of hydrogen-bond donors (Lipinski definition) is 0. The number of benzene rings is 1. The Morgan fingerprint density at radius 3 is 3.00 bits per heavy atom. The van der Waals surface area contributed by atoms with E-state index in [1.54, 1.807) is 17.9 Å². The summed E-state index contributed by atoms with van der Waals surface area (Å²) in [5, 5.41) is 7.52. The van der Waals surface area contributed by atoms with Gasteiger partial charge in [-0.2, -0.15) is 0 Å². The lowest BCUT2D eigenvalue weighted by molar-refractivity contribution is 0.111. The predicted octanol–water partition coefficient (Wildman–Crippen LogP) is 1.35. The van der Waals surface area contributed by atoms with Crippen LogP contribution in [0.25, 0.3) is 0 Å². The SMILES string of the molecule is Cn1cnnc1COc1ccc(F)cc1C=O. The number of aromatic nitrogens is 3. The fourth-order valence-electron chi connectivity index (χ4n) is 1.32. The normalized spacial score (nSPS) is 10.2. The standard InChI is InChI=1S/C11H10FN3O2/c1-15-7-13-14-11(15)6-17-10-3-2-9(12)4-8(10)5-16/h2-5,7H,6H2,1H3. The molecule has 0 atom stereocenters. The number of aldehydes is 1. The van der Waals surface area contributed by atoms with Crippen LogP contribution in [-0.2, 0) is 13.7 Å². The fourth-order valence-corrected chi connectivity index (χ4v) is 1.32. The molecule has 6 heteroatoms. The summed E-state index contributed by atoms with van der Waals surface area (Å²) in [7, 11) is 1.78. The molecule has 2 aromatic rings. The molecule has 0 aliphatic carbocycles. The summed E-state index contributed by atoms with van der Waals surface area (Å²) in [6.45, 7) is 0.170. The molecule has 0 unspecified atom stereocenters. The van der Waals surface area contributed by atoms with Gasteiger partial charge in [-0.25, -0.2) is 4.39 Å². The molecule has 0 amide bonds. The lowest BCUT2D eigenvalue weighted by Gasteiger charge is -2.07. The second-order valence-corrected chi connectivity index (χ2v) is 3.45. The number of carbonyl (C=O) groups is 1. The Balaban J connectivity index is 2.14. The lowest BCUT2D eigenvalue weighted by Crippen LogP contribution is -2.04. The monoisotopic (exact) mass is 235 g/mol. The molecule has 0 bridgehead atoms. The van der Waals surface area contributed by atoms with Gasteiger partial charge in [0.25, 0.3) is 0 Å². The Kier molecular flexibility index (Phi) is 3.13. The molecular weight excluding hydrogens is 225 g/mol. The van der Waals surface area contributed by atoms with E-state index in [2.05, 4.69) is 10.2 Å². The highest BCUT2D eigenvalue weighted by molar-refractivity contribution is 5.79. The van der Waals surface area contributed by atoms with Crippen LogP contribution in [0, 0.1) is 5.82 Å². The van der Waals surface area contributed by atoms with Crippen LogP contribution in [0.5, 0.6) is 5.75 Å². The zero-order chi connectivity index (χ0) is 12.3. The van der Waals surface area contributed by atoms with Gasteiger partial charge in [-0.05, 0) is 18.2 Å². The summed E-state index contributed by atoms with van der Waals surface area (Å²) < 4.78 is 20.0. The summed E-state index contributed by atoms with van der Waals surface area (Å²) in [4.78, 5) is 10.7. The number of aryl methyl sites for hydroxylation is 1. The van der Waals surface area contributed by atoms with Crippen LogP contribution in [0.2, 0.25) is 0 Å². The van der Waals surface area contributed by atoms with Crippen molar-refractivity contribution in [3.8, 4) is 5.75 Å². The lowest BCUT2D eigenvalue weighted by atomic mass is 10.2. The maximum absolute atomic E-state index is 12.9. The third-order valence-corrected chi connectivity index (χ3v) is 2.26. The highest BCUT2D eigenvalue weighted by atomic mass is 19.1. The van der Waals surface area contributed by atoms with Crippen LogP contribution in [0.3, 0.4) is 0 Å². The second-order valence-electron chi connectivity index (χ2n) is 3.45. The summed E-state index contributed by atoms with van der Waals surface area (Å²) in [5.74, 6) is 0.466. The molecule has 1 aromatic carbocycles. The minimum atomic E-state index is -0.474. The van der Waals surface area contributed by atoms with Gasteiger partial charge in [0.15, 0.2) is 12.1 Å². The highest BCUT2D eigenvalue weighted by Crippen LogP contribution is 2.18. The van der Waals surface area contributed by atoms with E-state index in [0.717, 1.165) is 6.07 Å². The Morgan fingerprint density at radius 1 is 1.53 bits per heavy atom. The van der Waals surface area contributed by atoms with Gasteiger partial charge in [-0.1, -0.05) is 0 Å². The molecule has 88 valence electrons. The van der Waals surface area contributed by atoms with Crippen molar-refractivity contribution in [2.45, 2.75) is 6.61 Å². The van der Waals surface area contributed by atoms with Gasteiger partial charge in [0.05, 0.1) is 5.56 Å². The summed E-state index contributed by atoms with van der Waals surface area (Å²) >= 11 is 0. The first-order chi connectivity index (χ1) is 8.20. The smallest absolute Gasteiger partial charge is 0.170 e. The van der Waals surface area contributed by atoms with Crippen molar-refractivity contribution in [2.24, 2.45) is 7.05 Å². The first-order valence-electron chi connectivity index (χ1n) is 4.91. The highest BCUT2D eigenvalue weighted by Gasteiger charge is 2.07. The molecule has 17 heavy (non-hydrogen) atoms. The van der Waals surface area contributed by atoms with Gasteiger partial charge in [0.2, 0.25) is 0 Å². The van der Waals surface area contributed by atoms with E-state index in [9.17, 15) is 9.18 Å². The quantitative estimate of drug-likeness (QED) is 0.750. The van der Waals surface area contributed by atoms with Crippen molar-refractivity contribution in [1.29, 1.82) is 0 Å². The molecule has 0 saturated carbocycles. The van der Waals surface area contributed by atoms with Gasteiger partial charge < -0.3 is 9.30 Å². The molecule has 0 N–H and O–H groups in total. The van der Waals surface area contributed by atoms with E-state index < -0.39 is 5.82 Å². The molecule has 5 nitrogen and oxygen atoms in total. The molecule has 0 aliphatic heterocycles. The van der Waals surface area contributed by atoms with Crippen LogP contribution >= 0.6 is 0 Å². The van der Waals surface area contributed by atoms with E-state index in [1.165, 1.54) is 12.1 Å². The first-order valence-corrected chi connectivity index (χ1v) is 4.91. The molecule has 0 aliphatic rings. The largest absolute Gasteiger partial charge is 0.485 e. The van der Waals surface area contributed by atoms with Crippen LogP contribution in [0.1, 0.15) is 16.2 Å². The summed E-state index contributed by atoms with van der Waals surface area (Å²) in [5.41, 5.74) is 0.173. The molecule has 1 heterocycles. The maximum atomic E-state index is 12.9. The fraction of sp³-hybridized carbons (Fsp3) is 0.182. The van der Waals surface area contributed by atoms with E-state index in [0.29, 0.717) is 17.9 Å². The zero-order valence-corrected chi connectivity index (χ0v) is 9.13. The van der Waals surface area contributed by atoms with Crippen LogP contribution in [0.15, 0.2) is 24.5 Å². The van der Waals surface area contributed by atoms with Crippen molar-refractivity contribution in [1.82, 2.24) is 14.8 Å². The van der Waals surface area contributed by atoms with Crippen molar-refractivity contribution in [3.05, 3.63) is 41.7 Å².